The molecule has 0 unspecified atom stereocenters. The van der Waals surface area contributed by atoms with E-state index in [-0.39, 0.29) is 5.78 Å². The summed E-state index contributed by atoms with van der Waals surface area (Å²) in [7, 11) is 0. The second-order valence-electron chi connectivity index (χ2n) is 1.25. The lowest BCUT2D eigenvalue weighted by Crippen LogP contribution is -1.90. The van der Waals surface area contributed by atoms with Crippen molar-refractivity contribution in [2.45, 2.75) is 6.92 Å². The molecule has 0 heterocycles. The number of ketones is 1. The molecule has 0 aliphatic rings. The fraction of sp³-hybridized carbons (Fsp3) is 0.167. The number of allylic oxidation sites excluding steroid dienone is 1. The van der Waals surface area contributed by atoms with Crippen LogP contribution in [0, 0.1) is 12.3 Å². The summed E-state index contributed by atoms with van der Waals surface area (Å²) in [5.41, 5.74) is 0.419. The molecular formula is C6H6O. The lowest BCUT2D eigenvalue weighted by molar-refractivity contribution is -0.110. The van der Waals surface area contributed by atoms with Crippen LogP contribution < -0.4 is 0 Å². The number of hydrogen-bond donors (Lipinski definition) is 0. The Labute approximate surface area is 43.0 Å². The molecule has 1 heteroatoms. The highest BCUT2D eigenvalue weighted by Crippen LogP contribution is 1.84. The van der Waals surface area contributed by atoms with Gasteiger partial charge in [0.2, 0.25) is 5.78 Å². The Balaban J connectivity index is 3.90. The molecular weight excluding hydrogens is 88.1 g/mol. The van der Waals surface area contributed by atoms with Gasteiger partial charge in [0, 0.05) is 0 Å². The smallest absolute Gasteiger partial charge is 0.230 e. The lowest BCUT2D eigenvalue weighted by atomic mass is 10.2. The maximum atomic E-state index is 10.2. The predicted molar refractivity (Wildman–Crippen MR) is 28.7 cm³/mol. The van der Waals surface area contributed by atoms with Gasteiger partial charge in [-0.2, -0.15) is 0 Å². The van der Waals surface area contributed by atoms with Gasteiger partial charge in [-0.05, 0) is 18.4 Å². The summed E-state index contributed by atoms with van der Waals surface area (Å²) in [6.07, 6.45) is 4.71. The summed E-state index contributed by atoms with van der Waals surface area (Å²) >= 11 is 0. The molecule has 0 aliphatic carbocycles. The highest BCUT2D eigenvalue weighted by molar-refractivity contribution is 6.07. The van der Waals surface area contributed by atoms with E-state index in [0.29, 0.717) is 5.57 Å². The van der Waals surface area contributed by atoms with Gasteiger partial charge in [0.05, 0.1) is 0 Å². The zero-order chi connectivity index (χ0) is 5.86. The van der Waals surface area contributed by atoms with Crippen molar-refractivity contribution in [1.29, 1.82) is 0 Å². The lowest BCUT2D eigenvalue weighted by Gasteiger charge is -1.80. The number of hydrogen-bond acceptors (Lipinski definition) is 1. The van der Waals surface area contributed by atoms with E-state index in [4.69, 9.17) is 6.42 Å². The molecule has 0 rings (SSSR count). The van der Waals surface area contributed by atoms with Gasteiger partial charge in [-0.15, -0.1) is 6.42 Å². The fourth-order valence-electron chi connectivity index (χ4n) is 0.123. The molecule has 0 aliphatic heterocycles. The summed E-state index contributed by atoms with van der Waals surface area (Å²) in [5.74, 6) is 1.61. The zero-order valence-corrected chi connectivity index (χ0v) is 4.19. The van der Waals surface area contributed by atoms with Crippen LogP contribution in [-0.4, -0.2) is 5.78 Å². The molecule has 0 amide bonds. The van der Waals surface area contributed by atoms with Crippen LogP contribution in [0.5, 0.6) is 0 Å². The summed E-state index contributed by atoms with van der Waals surface area (Å²) < 4.78 is 0. The van der Waals surface area contributed by atoms with Gasteiger partial charge in [0.15, 0.2) is 0 Å². The molecule has 0 aromatic heterocycles. The summed E-state index contributed by atoms with van der Waals surface area (Å²) in [6, 6.07) is 0. The molecule has 0 radical (unpaired) electrons. The van der Waals surface area contributed by atoms with Crippen molar-refractivity contribution in [3.05, 3.63) is 12.2 Å². The number of rotatable bonds is 1. The molecule has 0 fully saturated rings. The van der Waals surface area contributed by atoms with Crippen molar-refractivity contribution in [2.75, 3.05) is 0 Å². The van der Waals surface area contributed by atoms with E-state index in [1.54, 1.807) is 6.92 Å². The maximum Gasteiger partial charge on any atom is 0.230 e. The van der Waals surface area contributed by atoms with Crippen LogP contribution >= 0.6 is 0 Å². The highest BCUT2D eigenvalue weighted by Gasteiger charge is 1.91. The maximum absolute atomic E-state index is 10.2. The Morgan fingerprint density at radius 1 is 1.86 bits per heavy atom. The van der Waals surface area contributed by atoms with Gasteiger partial charge in [-0.1, -0.05) is 6.58 Å². The third-order valence-electron chi connectivity index (χ3n) is 0.519. The summed E-state index contributed by atoms with van der Waals surface area (Å²) in [6.45, 7) is 4.92. The minimum Gasteiger partial charge on any atom is -0.280 e. The van der Waals surface area contributed by atoms with E-state index in [0.717, 1.165) is 0 Å². The van der Waals surface area contributed by atoms with Crippen molar-refractivity contribution < 1.29 is 4.79 Å². The summed E-state index contributed by atoms with van der Waals surface area (Å²) in [5, 5.41) is 0. The minimum absolute atomic E-state index is 0.319. The first-order valence-corrected chi connectivity index (χ1v) is 1.85. The van der Waals surface area contributed by atoms with Gasteiger partial charge in [0.1, 0.15) is 0 Å². The van der Waals surface area contributed by atoms with Gasteiger partial charge < -0.3 is 0 Å². The monoisotopic (exact) mass is 94.0 g/mol. The highest BCUT2D eigenvalue weighted by atomic mass is 16.1. The summed E-state index contributed by atoms with van der Waals surface area (Å²) in [4.78, 5) is 10.2. The zero-order valence-electron chi connectivity index (χ0n) is 4.19. The Kier molecular flexibility index (Phi) is 1.87. The number of carbonyl (C=O) groups excluding carboxylic acids is 1. The van der Waals surface area contributed by atoms with E-state index >= 15 is 0 Å². The molecule has 0 spiro atoms. The van der Waals surface area contributed by atoms with Gasteiger partial charge in [-0.3, -0.25) is 4.79 Å². The molecule has 7 heavy (non-hydrogen) atoms. The topological polar surface area (TPSA) is 17.1 Å². The third-order valence-corrected chi connectivity index (χ3v) is 0.519. The molecule has 1 nitrogen and oxygen atoms in total. The first-order valence-electron chi connectivity index (χ1n) is 1.85. The molecule has 0 bridgehead atoms. The molecule has 0 aromatic rings. The van der Waals surface area contributed by atoms with E-state index < -0.39 is 0 Å². The van der Waals surface area contributed by atoms with Crippen LogP contribution in [0.15, 0.2) is 12.2 Å². The standard InChI is InChI=1S/C6H6O/c1-4-6(7)5(2)3/h1H,2H2,3H3. The van der Waals surface area contributed by atoms with E-state index in [1.807, 2.05) is 5.92 Å². The average Bonchev–Trinajstić information content (AvgIpc) is 1.65. The van der Waals surface area contributed by atoms with Crippen molar-refractivity contribution >= 4 is 5.78 Å². The van der Waals surface area contributed by atoms with E-state index in [9.17, 15) is 4.79 Å². The quantitative estimate of drug-likeness (QED) is 0.266. The SMILES string of the molecule is C#CC(=O)C(=C)C. The number of carbonyl (C=O) groups is 1. The normalized spacial score (nSPS) is 6.86. The van der Waals surface area contributed by atoms with Gasteiger partial charge >= 0.3 is 0 Å². The number of terminal acetylenes is 1. The predicted octanol–water partition coefficient (Wildman–Crippen LogP) is 0.765. The molecule has 36 valence electrons. The number of Topliss-reactive ketones (excluding diaryl/α,β-unsaturated/α-hetero) is 1. The second-order valence-corrected chi connectivity index (χ2v) is 1.25. The van der Waals surface area contributed by atoms with Crippen molar-refractivity contribution in [1.82, 2.24) is 0 Å². The van der Waals surface area contributed by atoms with E-state index in [2.05, 4.69) is 6.58 Å². The van der Waals surface area contributed by atoms with Crippen molar-refractivity contribution in [3.8, 4) is 12.3 Å². The van der Waals surface area contributed by atoms with Crippen molar-refractivity contribution in [2.24, 2.45) is 0 Å². The Morgan fingerprint density at radius 2 is 2.29 bits per heavy atom. The second kappa shape index (κ2) is 2.20. The van der Waals surface area contributed by atoms with Crippen molar-refractivity contribution in [3.63, 3.8) is 0 Å². The first-order chi connectivity index (χ1) is 3.18. The molecule has 0 N–H and O–H groups in total. The van der Waals surface area contributed by atoms with Gasteiger partial charge in [0.25, 0.3) is 0 Å². The first kappa shape index (κ1) is 5.97. The minimum atomic E-state index is -0.319. The molecule has 0 saturated carbocycles. The Morgan fingerprint density at radius 3 is 2.29 bits per heavy atom. The van der Waals surface area contributed by atoms with Crippen LogP contribution in [0.4, 0.5) is 0 Å². The molecule has 0 saturated heterocycles. The fourth-order valence-corrected chi connectivity index (χ4v) is 0.123. The Bertz CT molecular complexity index is 137. The average molecular weight is 94.1 g/mol. The third kappa shape index (κ3) is 1.77. The molecule has 0 aromatic carbocycles. The van der Waals surface area contributed by atoms with Crippen LogP contribution in [-0.2, 0) is 4.79 Å². The van der Waals surface area contributed by atoms with Gasteiger partial charge in [-0.25, -0.2) is 0 Å². The Hall–Kier alpha value is -1.03. The largest absolute Gasteiger partial charge is 0.280 e. The van der Waals surface area contributed by atoms with Crippen LogP contribution in [0.3, 0.4) is 0 Å². The molecule has 0 atom stereocenters. The van der Waals surface area contributed by atoms with E-state index in [1.165, 1.54) is 0 Å². The van der Waals surface area contributed by atoms with Crippen LogP contribution in [0.25, 0.3) is 0 Å². The van der Waals surface area contributed by atoms with Crippen LogP contribution in [0.2, 0.25) is 0 Å². The van der Waals surface area contributed by atoms with Crippen LogP contribution in [0.1, 0.15) is 6.92 Å².